The Labute approximate surface area is 124 Å². The fraction of sp³-hybridized carbons (Fsp3) is 0.562. The summed E-state index contributed by atoms with van der Waals surface area (Å²) >= 11 is 0. The van der Waals surface area contributed by atoms with Gasteiger partial charge in [0.2, 0.25) is 0 Å². The molecule has 0 aromatic heterocycles. The summed E-state index contributed by atoms with van der Waals surface area (Å²) in [5, 5.41) is 0. The average molecular weight is 292 g/mol. The average Bonchev–Trinajstić information content (AvgIpc) is 2.79. The molecule has 5 nitrogen and oxygen atoms in total. The van der Waals surface area contributed by atoms with Crippen LogP contribution in [0.1, 0.15) is 29.6 Å². The number of ether oxygens (including phenoxy) is 4. The van der Waals surface area contributed by atoms with Gasteiger partial charge in [-0.3, -0.25) is 4.79 Å². The number of methoxy groups -OCH3 is 1. The number of carbonyl (C=O) groups excluding carboxylic acids is 1. The van der Waals surface area contributed by atoms with E-state index in [4.69, 9.17) is 18.9 Å². The summed E-state index contributed by atoms with van der Waals surface area (Å²) < 4.78 is 22.1. The van der Waals surface area contributed by atoms with Gasteiger partial charge in [0, 0.05) is 45.1 Å². The summed E-state index contributed by atoms with van der Waals surface area (Å²) in [6.45, 7) is 2.34. The third-order valence-electron chi connectivity index (χ3n) is 4.11. The number of fused-ring (bicyclic) bond motifs is 1. The molecule has 2 aliphatic rings. The van der Waals surface area contributed by atoms with Gasteiger partial charge in [0.25, 0.3) is 0 Å². The molecule has 0 aliphatic carbocycles. The van der Waals surface area contributed by atoms with E-state index in [-0.39, 0.29) is 5.78 Å². The minimum Gasteiger partial charge on any atom is -0.490 e. The third-order valence-corrected chi connectivity index (χ3v) is 4.11. The van der Waals surface area contributed by atoms with Crippen LogP contribution in [0.25, 0.3) is 0 Å². The molecule has 1 aromatic carbocycles. The molecule has 0 radical (unpaired) electrons. The van der Waals surface area contributed by atoms with Gasteiger partial charge < -0.3 is 18.9 Å². The van der Waals surface area contributed by atoms with E-state index in [9.17, 15) is 4.79 Å². The van der Waals surface area contributed by atoms with E-state index in [1.807, 2.05) is 0 Å². The highest BCUT2D eigenvalue weighted by atomic mass is 16.5. The first-order valence-corrected chi connectivity index (χ1v) is 7.32. The lowest BCUT2D eigenvalue weighted by Gasteiger charge is -2.34. The highest BCUT2D eigenvalue weighted by Gasteiger charge is 2.40. The van der Waals surface area contributed by atoms with Crippen molar-refractivity contribution in [2.24, 2.45) is 0 Å². The van der Waals surface area contributed by atoms with Crippen LogP contribution in [0.3, 0.4) is 0 Å². The first kappa shape index (κ1) is 14.4. The van der Waals surface area contributed by atoms with Gasteiger partial charge in [0.05, 0.1) is 13.2 Å². The monoisotopic (exact) mass is 292 g/mol. The Morgan fingerprint density at radius 3 is 2.52 bits per heavy atom. The minimum atomic E-state index is -0.780. The molecule has 0 spiro atoms. The standard InChI is InChI=1S/C16H20O5/c1-18-16(5-9-19-10-6-16)15(17)12-3-4-13-14(11-12)21-8-2-7-20-13/h3-4,11H,2,5-10H2,1H3. The van der Waals surface area contributed by atoms with Gasteiger partial charge >= 0.3 is 0 Å². The smallest absolute Gasteiger partial charge is 0.194 e. The van der Waals surface area contributed by atoms with Crippen molar-refractivity contribution >= 4 is 5.78 Å². The second-order valence-corrected chi connectivity index (χ2v) is 5.35. The molecule has 21 heavy (non-hydrogen) atoms. The Morgan fingerprint density at radius 1 is 1.10 bits per heavy atom. The van der Waals surface area contributed by atoms with E-state index in [2.05, 4.69) is 0 Å². The summed E-state index contributed by atoms with van der Waals surface area (Å²) in [6.07, 6.45) is 2.00. The van der Waals surface area contributed by atoms with Crippen LogP contribution >= 0.6 is 0 Å². The zero-order chi connectivity index (χ0) is 14.7. The Balaban J connectivity index is 1.88. The van der Waals surface area contributed by atoms with Crippen molar-refractivity contribution < 1.29 is 23.7 Å². The molecule has 1 saturated heterocycles. The van der Waals surface area contributed by atoms with E-state index in [1.54, 1.807) is 25.3 Å². The molecule has 5 heteroatoms. The number of Topliss-reactive ketones (excluding diaryl/α,β-unsaturated/α-hetero) is 1. The number of carbonyl (C=O) groups is 1. The highest BCUT2D eigenvalue weighted by molar-refractivity contribution is 6.03. The molecular formula is C16H20O5. The second kappa shape index (κ2) is 6.03. The molecule has 1 aromatic rings. The molecule has 0 bridgehead atoms. The van der Waals surface area contributed by atoms with Crippen molar-refractivity contribution in [2.45, 2.75) is 24.9 Å². The van der Waals surface area contributed by atoms with Crippen LogP contribution in [0.15, 0.2) is 18.2 Å². The van der Waals surface area contributed by atoms with Crippen molar-refractivity contribution in [3.05, 3.63) is 23.8 Å². The van der Waals surface area contributed by atoms with Crippen LogP contribution in [0, 0.1) is 0 Å². The topological polar surface area (TPSA) is 54.0 Å². The maximum atomic E-state index is 12.8. The number of benzene rings is 1. The van der Waals surface area contributed by atoms with Gasteiger partial charge in [0.1, 0.15) is 5.60 Å². The molecule has 3 rings (SSSR count). The van der Waals surface area contributed by atoms with Crippen LogP contribution in [0.4, 0.5) is 0 Å². The lowest BCUT2D eigenvalue weighted by atomic mass is 9.85. The van der Waals surface area contributed by atoms with Crippen LogP contribution in [0.2, 0.25) is 0 Å². The first-order valence-electron chi connectivity index (χ1n) is 7.32. The minimum absolute atomic E-state index is 0.0102. The highest BCUT2D eigenvalue weighted by Crippen LogP contribution is 2.34. The van der Waals surface area contributed by atoms with Gasteiger partial charge in [-0.2, -0.15) is 0 Å². The third kappa shape index (κ3) is 2.76. The summed E-state index contributed by atoms with van der Waals surface area (Å²) in [5.41, 5.74) is -0.180. The van der Waals surface area contributed by atoms with E-state index < -0.39 is 5.60 Å². The van der Waals surface area contributed by atoms with Gasteiger partial charge in [-0.1, -0.05) is 0 Å². The van der Waals surface area contributed by atoms with E-state index in [0.717, 1.165) is 6.42 Å². The normalized spacial score (nSPS) is 20.6. The molecule has 114 valence electrons. The van der Waals surface area contributed by atoms with E-state index in [1.165, 1.54) is 0 Å². The molecule has 0 N–H and O–H groups in total. The van der Waals surface area contributed by atoms with Crippen LogP contribution in [-0.4, -0.2) is 44.9 Å². The number of ketones is 1. The molecule has 2 heterocycles. The van der Waals surface area contributed by atoms with Crippen LogP contribution < -0.4 is 9.47 Å². The Bertz CT molecular complexity index is 519. The number of hydrogen-bond donors (Lipinski definition) is 0. The lowest BCUT2D eigenvalue weighted by Crippen LogP contribution is -2.45. The first-order chi connectivity index (χ1) is 10.2. The predicted molar refractivity (Wildman–Crippen MR) is 76.2 cm³/mol. The zero-order valence-electron chi connectivity index (χ0n) is 12.2. The summed E-state index contributed by atoms with van der Waals surface area (Å²) in [5.74, 6) is 1.32. The van der Waals surface area contributed by atoms with Crippen LogP contribution in [0.5, 0.6) is 11.5 Å². The van der Waals surface area contributed by atoms with Gasteiger partial charge in [0.15, 0.2) is 17.3 Å². The van der Waals surface area contributed by atoms with Crippen molar-refractivity contribution in [1.29, 1.82) is 0 Å². The predicted octanol–water partition coefficient (Wildman–Crippen LogP) is 2.23. The fourth-order valence-electron chi connectivity index (χ4n) is 2.79. The summed E-state index contributed by atoms with van der Waals surface area (Å²) in [7, 11) is 1.59. The maximum absolute atomic E-state index is 12.8. The quantitative estimate of drug-likeness (QED) is 0.800. The molecule has 0 atom stereocenters. The molecule has 0 unspecified atom stereocenters. The summed E-state index contributed by atoms with van der Waals surface area (Å²) in [4.78, 5) is 12.8. The van der Waals surface area contributed by atoms with E-state index in [0.29, 0.717) is 56.3 Å². The van der Waals surface area contributed by atoms with Crippen molar-refractivity contribution in [3.63, 3.8) is 0 Å². The Morgan fingerprint density at radius 2 is 1.81 bits per heavy atom. The fourth-order valence-corrected chi connectivity index (χ4v) is 2.79. The Kier molecular flexibility index (Phi) is 4.12. The lowest BCUT2D eigenvalue weighted by molar-refractivity contribution is -0.0663. The molecule has 0 saturated carbocycles. The van der Waals surface area contributed by atoms with Crippen LogP contribution in [-0.2, 0) is 9.47 Å². The molecule has 0 amide bonds. The maximum Gasteiger partial charge on any atom is 0.194 e. The van der Waals surface area contributed by atoms with Crippen molar-refractivity contribution in [3.8, 4) is 11.5 Å². The molecule has 1 fully saturated rings. The zero-order valence-corrected chi connectivity index (χ0v) is 12.2. The van der Waals surface area contributed by atoms with Gasteiger partial charge in [-0.25, -0.2) is 0 Å². The van der Waals surface area contributed by atoms with Gasteiger partial charge in [-0.05, 0) is 18.2 Å². The van der Waals surface area contributed by atoms with E-state index >= 15 is 0 Å². The summed E-state index contributed by atoms with van der Waals surface area (Å²) in [6, 6.07) is 5.35. The Hall–Kier alpha value is -1.59. The number of hydrogen-bond acceptors (Lipinski definition) is 5. The second-order valence-electron chi connectivity index (χ2n) is 5.35. The molecular weight excluding hydrogens is 272 g/mol. The van der Waals surface area contributed by atoms with Gasteiger partial charge in [-0.15, -0.1) is 0 Å². The molecule has 2 aliphatic heterocycles. The largest absolute Gasteiger partial charge is 0.490 e. The van der Waals surface area contributed by atoms with Crippen molar-refractivity contribution in [1.82, 2.24) is 0 Å². The number of rotatable bonds is 3. The SMILES string of the molecule is COC1(C(=O)c2ccc3c(c2)OCCCO3)CCOCC1. The van der Waals surface area contributed by atoms with Crippen molar-refractivity contribution in [2.75, 3.05) is 33.5 Å².